The van der Waals surface area contributed by atoms with E-state index in [-0.39, 0.29) is 25.9 Å². The Hall–Kier alpha value is -1.26. The average Bonchev–Trinajstić information content (AvgIpc) is 2.38. The van der Waals surface area contributed by atoms with Crippen LogP contribution >= 0.6 is 0 Å². The Morgan fingerprint density at radius 3 is 2.76 bits per heavy atom. The van der Waals surface area contributed by atoms with Crippen LogP contribution in [0.5, 0.6) is 0 Å². The molecule has 0 bridgehead atoms. The first-order valence-electron chi connectivity index (χ1n) is 7.03. The fraction of sp³-hybridized carbons (Fsp3) is 0.786. The SMILES string of the molecule is O=C(NCCOCCOC1C#CCCCCC1)C(F)(F)F. The molecule has 1 aliphatic carbocycles. The number of carbonyl (C=O) groups is 1. The van der Waals surface area contributed by atoms with Gasteiger partial charge in [-0.05, 0) is 19.3 Å². The van der Waals surface area contributed by atoms with Crippen molar-refractivity contribution in [2.24, 2.45) is 0 Å². The van der Waals surface area contributed by atoms with Crippen LogP contribution in [0.15, 0.2) is 0 Å². The van der Waals surface area contributed by atoms with Gasteiger partial charge in [-0.25, -0.2) is 0 Å². The summed E-state index contributed by atoms with van der Waals surface area (Å²) in [6.45, 7) is 0.440. The number of nitrogens with one attached hydrogen (secondary N) is 1. The minimum Gasteiger partial charge on any atom is -0.377 e. The number of ether oxygens (including phenoxy) is 2. The van der Waals surface area contributed by atoms with E-state index in [9.17, 15) is 18.0 Å². The highest BCUT2D eigenvalue weighted by Gasteiger charge is 2.38. The van der Waals surface area contributed by atoms with Crippen LogP contribution < -0.4 is 5.32 Å². The van der Waals surface area contributed by atoms with Crippen LogP contribution in [0.4, 0.5) is 13.2 Å². The molecule has 1 aliphatic rings. The van der Waals surface area contributed by atoms with Crippen molar-refractivity contribution < 1.29 is 27.4 Å². The molecule has 0 aromatic rings. The smallest absolute Gasteiger partial charge is 0.377 e. The van der Waals surface area contributed by atoms with Crippen LogP contribution in [0.3, 0.4) is 0 Å². The van der Waals surface area contributed by atoms with Crippen LogP contribution in [0.25, 0.3) is 0 Å². The molecule has 0 saturated carbocycles. The first-order chi connectivity index (χ1) is 10.00. The Bertz CT molecular complexity index is 374. The zero-order chi connectivity index (χ0) is 15.6. The van der Waals surface area contributed by atoms with Gasteiger partial charge >= 0.3 is 12.1 Å². The molecule has 0 fully saturated rings. The van der Waals surface area contributed by atoms with E-state index >= 15 is 0 Å². The highest BCUT2D eigenvalue weighted by molar-refractivity contribution is 5.81. The molecule has 0 saturated heterocycles. The molecule has 0 heterocycles. The van der Waals surface area contributed by atoms with E-state index in [2.05, 4.69) is 11.8 Å². The lowest BCUT2D eigenvalue weighted by Crippen LogP contribution is -2.38. The number of amides is 1. The quantitative estimate of drug-likeness (QED) is 0.578. The lowest BCUT2D eigenvalue weighted by molar-refractivity contribution is -0.173. The largest absolute Gasteiger partial charge is 0.471 e. The Labute approximate surface area is 122 Å². The van der Waals surface area contributed by atoms with Gasteiger partial charge in [-0.2, -0.15) is 13.2 Å². The van der Waals surface area contributed by atoms with Gasteiger partial charge in [0.25, 0.3) is 0 Å². The number of halogens is 3. The maximum Gasteiger partial charge on any atom is 0.471 e. The molecule has 1 amide bonds. The Morgan fingerprint density at radius 2 is 2.00 bits per heavy atom. The van der Waals surface area contributed by atoms with Crippen molar-refractivity contribution in [3.8, 4) is 11.8 Å². The van der Waals surface area contributed by atoms with Crippen molar-refractivity contribution in [2.45, 2.75) is 44.4 Å². The van der Waals surface area contributed by atoms with Gasteiger partial charge in [-0.3, -0.25) is 4.79 Å². The van der Waals surface area contributed by atoms with Gasteiger partial charge in [0, 0.05) is 13.0 Å². The predicted molar refractivity (Wildman–Crippen MR) is 70.5 cm³/mol. The first-order valence-corrected chi connectivity index (χ1v) is 7.03. The summed E-state index contributed by atoms with van der Waals surface area (Å²) >= 11 is 0. The number of carbonyl (C=O) groups excluding carboxylic acids is 1. The standard InChI is InChI=1S/C14H20F3NO3/c15-14(16,17)13(19)18-8-9-20-10-11-21-12-6-4-2-1-3-5-7-12/h12H,1-4,6,8-11H2,(H,18,19). The molecule has 1 atom stereocenters. The maximum atomic E-state index is 11.9. The monoisotopic (exact) mass is 307 g/mol. The van der Waals surface area contributed by atoms with Crippen LogP contribution in [-0.4, -0.2) is 44.6 Å². The molecule has 0 aliphatic heterocycles. The molecule has 4 nitrogen and oxygen atoms in total. The Morgan fingerprint density at radius 1 is 1.19 bits per heavy atom. The molecule has 1 unspecified atom stereocenters. The first kappa shape index (κ1) is 17.8. The van der Waals surface area contributed by atoms with E-state index in [0.29, 0.717) is 6.61 Å². The summed E-state index contributed by atoms with van der Waals surface area (Å²) in [6, 6.07) is 0. The molecule has 1 rings (SSSR count). The minimum absolute atomic E-state index is 0.0154. The second kappa shape index (κ2) is 9.64. The van der Waals surface area contributed by atoms with Gasteiger partial charge in [0.2, 0.25) is 0 Å². The van der Waals surface area contributed by atoms with Crippen molar-refractivity contribution >= 4 is 5.91 Å². The zero-order valence-electron chi connectivity index (χ0n) is 11.8. The van der Waals surface area contributed by atoms with Crippen LogP contribution in [0.2, 0.25) is 0 Å². The summed E-state index contributed by atoms with van der Waals surface area (Å²) in [7, 11) is 0. The second-order valence-electron chi connectivity index (χ2n) is 4.65. The molecule has 0 aromatic carbocycles. The summed E-state index contributed by atoms with van der Waals surface area (Å²) in [6.07, 6.45) is 0.239. The van der Waals surface area contributed by atoms with E-state index in [1.807, 2.05) is 0 Å². The van der Waals surface area contributed by atoms with Gasteiger partial charge < -0.3 is 14.8 Å². The average molecular weight is 307 g/mol. The predicted octanol–water partition coefficient (Wildman–Crippen LogP) is 2.03. The molecule has 120 valence electrons. The summed E-state index contributed by atoms with van der Waals surface area (Å²) < 4.78 is 46.2. The molecular weight excluding hydrogens is 287 g/mol. The number of hydrogen-bond acceptors (Lipinski definition) is 3. The van der Waals surface area contributed by atoms with Gasteiger partial charge in [0.1, 0.15) is 6.10 Å². The van der Waals surface area contributed by atoms with Crippen LogP contribution in [-0.2, 0) is 14.3 Å². The number of rotatable bonds is 7. The number of alkyl halides is 3. The number of hydrogen-bond donors (Lipinski definition) is 1. The summed E-state index contributed by atoms with van der Waals surface area (Å²) in [5.41, 5.74) is 0. The molecule has 0 aromatic heterocycles. The van der Waals surface area contributed by atoms with Crippen molar-refractivity contribution in [1.82, 2.24) is 5.32 Å². The van der Waals surface area contributed by atoms with E-state index in [4.69, 9.17) is 9.47 Å². The van der Waals surface area contributed by atoms with E-state index in [1.165, 1.54) is 0 Å². The minimum atomic E-state index is -4.85. The zero-order valence-corrected chi connectivity index (χ0v) is 11.8. The lowest BCUT2D eigenvalue weighted by atomic mass is 10.1. The topological polar surface area (TPSA) is 47.6 Å². The highest BCUT2D eigenvalue weighted by atomic mass is 19.4. The van der Waals surface area contributed by atoms with Gasteiger partial charge in [-0.1, -0.05) is 12.3 Å². The third kappa shape index (κ3) is 8.58. The summed E-state index contributed by atoms with van der Waals surface area (Å²) in [5, 5.41) is 1.73. The molecule has 1 N–H and O–H groups in total. The second-order valence-corrected chi connectivity index (χ2v) is 4.65. The lowest BCUT2D eigenvalue weighted by Gasteiger charge is -2.14. The Kier molecular flexibility index (Phi) is 8.16. The molecular formula is C14H20F3NO3. The third-order valence-corrected chi connectivity index (χ3v) is 2.87. The maximum absolute atomic E-state index is 11.9. The van der Waals surface area contributed by atoms with Crippen molar-refractivity contribution in [3.63, 3.8) is 0 Å². The molecule has 0 radical (unpaired) electrons. The third-order valence-electron chi connectivity index (χ3n) is 2.87. The van der Waals surface area contributed by atoms with Crippen LogP contribution in [0.1, 0.15) is 32.1 Å². The fourth-order valence-corrected chi connectivity index (χ4v) is 1.79. The molecule has 21 heavy (non-hydrogen) atoms. The van der Waals surface area contributed by atoms with Crippen molar-refractivity contribution in [1.29, 1.82) is 0 Å². The van der Waals surface area contributed by atoms with Gasteiger partial charge in [0.05, 0.1) is 19.8 Å². The summed E-state index contributed by atoms with van der Waals surface area (Å²) in [4.78, 5) is 10.5. The van der Waals surface area contributed by atoms with Crippen LogP contribution in [0, 0.1) is 11.8 Å². The van der Waals surface area contributed by atoms with Gasteiger partial charge in [0.15, 0.2) is 0 Å². The summed E-state index contributed by atoms with van der Waals surface area (Å²) in [5.74, 6) is 4.15. The molecule has 0 spiro atoms. The fourth-order valence-electron chi connectivity index (χ4n) is 1.79. The highest BCUT2D eigenvalue weighted by Crippen LogP contribution is 2.13. The molecule has 7 heteroatoms. The van der Waals surface area contributed by atoms with Crippen molar-refractivity contribution in [3.05, 3.63) is 0 Å². The van der Waals surface area contributed by atoms with E-state index < -0.39 is 12.1 Å². The van der Waals surface area contributed by atoms with Crippen molar-refractivity contribution in [2.75, 3.05) is 26.4 Å². The Balaban J connectivity index is 2.00. The van der Waals surface area contributed by atoms with Gasteiger partial charge in [-0.15, -0.1) is 5.92 Å². The van der Waals surface area contributed by atoms with E-state index in [1.54, 1.807) is 5.32 Å². The van der Waals surface area contributed by atoms with E-state index in [0.717, 1.165) is 32.1 Å². The normalized spacial score (nSPS) is 19.1.